The first kappa shape index (κ1) is 13.8. The minimum absolute atomic E-state index is 0.369. The normalized spacial score (nSPS) is 13.1. The number of para-hydroxylation sites is 2. The van der Waals surface area contributed by atoms with E-state index >= 15 is 0 Å². The van der Waals surface area contributed by atoms with Gasteiger partial charge in [0.1, 0.15) is 22.1 Å². The van der Waals surface area contributed by atoms with E-state index in [4.69, 9.17) is 32.7 Å². The zero-order chi connectivity index (χ0) is 16.3. The Morgan fingerprint density at radius 2 is 1.42 bits per heavy atom. The SMILES string of the molecule is Clc1ccc2c(c1Cl)N=c1cc3c(cc1O2)=Nc1ccccc1O3. The first-order valence-corrected chi connectivity index (χ1v) is 7.99. The molecule has 0 radical (unpaired) electrons. The van der Waals surface area contributed by atoms with Crippen molar-refractivity contribution in [3.63, 3.8) is 0 Å². The van der Waals surface area contributed by atoms with Gasteiger partial charge < -0.3 is 9.47 Å². The van der Waals surface area contributed by atoms with Crippen LogP contribution in [0.15, 0.2) is 58.5 Å². The minimum Gasteiger partial charge on any atom is -0.453 e. The van der Waals surface area contributed by atoms with Gasteiger partial charge in [0, 0.05) is 12.1 Å². The zero-order valence-electron chi connectivity index (χ0n) is 12.1. The third kappa shape index (κ3) is 2.00. The fraction of sp³-hybridized carbons (Fsp3) is 0. The average molecular weight is 355 g/mol. The second-order valence-electron chi connectivity index (χ2n) is 5.39. The number of rotatable bonds is 0. The predicted octanol–water partition coefficient (Wildman–Crippen LogP) is 5.11. The quantitative estimate of drug-likeness (QED) is 0.388. The largest absolute Gasteiger partial charge is 0.453 e. The summed E-state index contributed by atoms with van der Waals surface area (Å²) >= 11 is 12.3. The highest BCUT2D eigenvalue weighted by Gasteiger charge is 2.20. The van der Waals surface area contributed by atoms with Crippen LogP contribution in [0.25, 0.3) is 0 Å². The zero-order valence-corrected chi connectivity index (χ0v) is 13.6. The van der Waals surface area contributed by atoms with Crippen molar-refractivity contribution in [1.29, 1.82) is 0 Å². The lowest BCUT2D eigenvalue weighted by molar-refractivity contribution is 0.451. The van der Waals surface area contributed by atoms with E-state index < -0.39 is 0 Å². The molecule has 2 aliphatic heterocycles. The van der Waals surface area contributed by atoms with Crippen molar-refractivity contribution in [2.45, 2.75) is 0 Å². The molecule has 0 aliphatic carbocycles. The molecule has 0 unspecified atom stereocenters. The van der Waals surface area contributed by atoms with Gasteiger partial charge in [0.25, 0.3) is 0 Å². The molecule has 0 spiro atoms. The molecule has 0 saturated heterocycles. The molecule has 5 rings (SSSR count). The Bertz CT molecular complexity index is 1140. The van der Waals surface area contributed by atoms with Gasteiger partial charge >= 0.3 is 0 Å². The smallest absolute Gasteiger partial charge is 0.155 e. The van der Waals surface area contributed by atoms with Gasteiger partial charge in [0.2, 0.25) is 0 Å². The standard InChI is InChI=1S/C18H8Cl2N2O2/c19-9-5-6-14-18(17(9)20)22-12-8-15-11(7-16(12)24-14)21-10-3-1-2-4-13(10)23-15/h1-8H. The number of hydrogen-bond acceptors (Lipinski definition) is 4. The van der Waals surface area contributed by atoms with Crippen LogP contribution >= 0.6 is 23.2 Å². The third-order valence-electron chi connectivity index (χ3n) is 3.85. The van der Waals surface area contributed by atoms with Crippen molar-refractivity contribution in [2.75, 3.05) is 0 Å². The number of fused-ring (bicyclic) bond motifs is 4. The van der Waals surface area contributed by atoms with Gasteiger partial charge in [0.15, 0.2) is 23.0 Å². The van der Waals surface area contributed by atoms with Crippen LogP contribution in [0.3, 0.4) is 0 Å². The molecule has 0 bridgehead atoms. The lowest BCUT2D eigenvalue weighted by atomic mass is 10.2. The fourth-order valence-corrected chi connectivity index (χ4v) is 3.06. The summed E-state index contributed by atoms with van der Waals surface area (Å²) in [4.78, 5) is 9.18. The molecule has 116 valence electrons. The van der Waals surface area contributed by atoms with Crippen LogP contribution in [0.1, 0.15) is 0 Å². The second kappa shape index (κ2) is 4.97. The van der Waals surface area contributed by atoms with Crippen molar-refractivity contribution >= 4 is 34.6 Å². The highest BCUT2D eigenvalue weighted by molar-refractivity contribution is 6.43. The molecule has 0 atom stereocenters. The third-order valence-corrected chi connectivity index (χ3v) is 4.65. The van der Waals surface area contributed by atoms with E-state index in [1.165, 1.54) is 0 Å². The van der Waals surface area contributed by atoms with E-state index in [0.717, 1.165) is 5.69 Å². The monoisotopic (exact) mass is 354 g/mol. The Morgan fingerprint density at radius 3 is 2.25 bits per heavy atom. The summed E-state index contributed by atoms with van der Waals surface area (Å²) in [5.41, 5.74) is 1.30. The summed E-state index contributed by atoms with van der Waals surface area (Å²) in [6.07, 6.45) is 0. The number of benzene rings is 3. The Balaban J connectivity index is 1.76. The van der Waals surface area contributed by atoms with Gasteiger partial charge in [-0.05, 0) is 24.3 Å². The molecule has 0 saturated carbocycles. The van der Waals surface area contributed by atoms with E-state index in [9.17, 15) is 0 Å². The highest BCUT2D eigenvalue weighted by Crippen LogP contribution is 2.43. The molecule has 0 aromatic heterocycles. The maximum Gasteiger partial charge on any atom is 0.155 e. The molecule has 2 aliphatic rings. The number of halogens is 2. The van der Waals surface area contributed by atoms with Gasteiger partial charge in [-0.15, -0.1) is 0 Å². The number of ether oxygens (including phenoxy) is 2. The molecule has 4 nitrogen and oxygen atoms in total. The molecule has 0 N–H and O–H groups in total. The Kier molecular flexibility index (Phi) is 2.86. The Morgan fingerprint density at radius 1 is 0.708 bits per heavy atom. The second-order valence-corrected chi connectivity index (χ2v) is 6.18. The fourth-order valence-electron chi connectivity index (χ4n) is 2.71. The average Bonchev–Trinajstić information content (AvgIpc) is 2.60. The summed E-state index contributed by atoms with van der Waals surface area (Å²) in [5, 5.41) is 2.13. The Labute approximate surface area is 146 Å². The first-order chi connectivity index (χ1) is 11.7. The van der Waals surface area contributed by atoms with Crippen LogP contribution in [0.2, 0.25) is 10.0 Å². The maximum absolute atomic E-state index is 6.23. The lowest BCUT2D eigenvalue weighted by Crippen LogP contribution is -2.18. The lowest BCUT2D eigenvalue weighted by Gasteiger charge is -2.18. The van der Waals surface area contributed by atoms with Gasteiger partial charge in [-0.2, -0.15) is 0 Å². The minimum atomic E-state index is 0.369. The molecular formula is C18H8Cl2N2O2. The van der Waals surface area contributed by atoms with Crippen LogP contribution in [0, 0.1) is 0 Å². The molecule has 6 heteroatoms. The molecule has 24 heavy (non-hydrogen) atoms. The maximum atomic E-state index is 6.23. The van der Waals surface area contributed by atoms with Crippen molar-refractivity contribution in [3.05, 3.63) is 69.3 Å². The van der Waals surface area contributed by atoms with Crippen LogP contribution in [0.5, 0.6) is 23.0 Å². The van der Waals surface area contributed by atoms with Crippen molar-refractivity contribution < 1.29 is 9.47 Å². The predicted molar refractivity (Wildman–Crippen MR) is 91.1 cm³/mol. The molecule has 3 aromatic carbocycles. The summed E-state index contributed by atoms with van der Waals surface area (Å²) in [6.45, 7) is 0. The van der Waals surface area contributed by atoms with Crippen LogP contribution in [0.4, 0.5) is 11.4 Å². The van der Waals surface area contributed by atoms with E-state index in [1.807, 2.05) is 30.3 Å². The van der Waals surface area contributed by atoms with Crippen molar-refractivity contribution in [1.82, 2.24) is 0 Å². The molecule has 2 heterocycles. The molecule has 0 fully saturated rings. The van der Waals surface area contributed by atoms with E-state index in [-0.39, 0.29) is 0 Å². The summed E-state index contributed by atoms with van der Waals surface area (Å²) < 4.78 is 11.8. The van der Waals surface area contributed by atoms with Gasteiger partial charge in [-0.1, -0.05) is 35.3 Å². The summed E-state index contributed by atoms with van der Waals surface area (Å²) in [6, 6.07) is 14.6. The van der Waals surface area contributed by atoms with Gasteiger partial charge in [0.05, 0.1) is 10.0 Å². The van der Waals surface area contributed by atoms with E-state index in [2.05, 4.69) is 9.98 Å². The number of nitrogens with zero attached hydrogens (tertiary/aromatic N) is 2. The van der Waals surface area contributed by atoms with E-state index in [1.54, 1.807) is 18.2 Å². The molecule has 3 aromatic rings. The van der Waals surface area contributed by atoms with Gasteiger partial charge in [-0.25, -0.2) is 9.98 Å². The first-order valence-electron chi connectivity index (χ1n) is 7.23. The van der Waals surface area contributed by atoms with E-state index in [0.29, 0.717) is 49.4 Å². The molecule has 0 amide bonds. The van der Waals surface area contributed by atoms with Crippen LogP contribution < -0.4 is 20.2 Å². The number of hydrogen-bond donors (Lipinski definition) is 0. The topological polar surface area (TPSA) is 43.2 Å². The van der Waals surface area contributed by atoms with Crippen molar-refractivity contribution in [3.8, 4) is 23.0 Å². The summed E-state index contributed by atoms with van der Waals surface area (Å²) in [5.74, 6) is 2.50. The molecular weight excluding hydrogens is 347 g/mol. The Hall–Kier alpha value is -2.56. The highest BCUT2D eigenvalue weighted by atomic mass is 35.5. The summed E-state index contributed by atoms with van der Waals surface area (Å²) in [7, 11) is 0. The van der Waals surface area contributed by atoms with Crippen molar-refractivity contribution in [2.24, 2.45) is 9.98 Å². The van der Waals surface area contributed by atoms with Gasteiger partial charge in [-0.3, -0.25) is 0 Å². The van der Waals surface area contributed by atoms with Crippen LogP contribution in [-0.4, -0.2) is 0 Å². The van der Waals surface area contributed by atoms with Crippen LogP contribution in [-0.2, 0) is 0 Å².